The topological polar surface area (TPSA) is 60.9 Å². The average molecular weight is 319 g/mol. The van der Waals surface area contributed by atoms with Crippen molar-refractivity contribution < 1.29 is 13.2 Å². The van der Waals surface area contributed by atoms with Crippen molar-refractivity contribution in [2.45, 2.75) is 33.1 Å². The minimum Gasteiger partial charge on any atom is -0.342 e. The highest BCUT2D eigenvalue weighted by atomic mass is 32.2. The van der Waals surface area contributed by atoms with Crippen molar-refractivity contribution in [1.82, 2.24) is 14.1 Å². The van der Waals surface area contributed by atoms with Crippen LogP contribution < -0.4 is 0 Å². The maximum absolute atomic E-state index is 12.3. The Balaban J connectivity index is 2.53. The van der Waals surface area contributed by atoms with Crippen LogP contribution in [0, 0.1) is 0 Å². The van der Waals surface area contributed by atoms with Crippen LogP contribution in [0.3, 0.4) is 0 Å². The van der Waals surface area contributed by atoms with Gasteiger partial charge in [0, 0.05) is 32.7 Å². The fourth-order valence-corrected chi connectivity index (χ4v) is 3.50. The fraction of sp³-hybridized carbons (Fsp3) is 0.929. The second kappa shape index (κ2) is 8.70. The molecule has 1 saturated heterocycles. The molecule has 21 heavy (non-hydrogen) atoms. The highest BCUT2D eigenvalue weighted by molar-refractivity contribution is 7.88. The van der Waals surface area contributed by atoms with E-state index in [9.17, 15) is 13.2 Å². The van der Waals surface area contributed by atoms with Crippen molar-refractivity contribution in [3.63, 3.8) is 0 Å². The summed E-state index contributed by atoms with van der Waals surface area (Å²) in [6.45, 7) is 8.60. The van der Waals surface area contributed by atoms with Gasteiger partial charge in [0.15, 0.2) is 0 Å². The van der Waals surface area contributed by atoms with Crippen LogP contribution in [0.15, 0.2) is 0 Å². The van der Waals surface area contributed by atoms with Crippen molar-refractivity contribution in [3.8, 4) is 0 Å². The Kier molecular flexibility index (Phi) is 7.62. The van der Waals surface area contributed by atoms with E-state index in [2.05, 4.69) is 18.7 Å². The van der Waals surface area contributed by atoms with Gasteiger partial charge in [0.05, 0.1) is 12.8 Å². The number of nitrogens with zero attached hydrogens (tertiary/aromatic N) is 3. The lowest BCUT2D eigenvalue weighted by Gasteiger charge is -2.26. The van der Waals surface area contributed by atoms with Crippen LogP contribution in [0.5, 0.6) is 0 Å². The van der Waals surface area contributed by atoms with E-state index in [1.165, 1.54) is 10.6 Å². The molecule has 0 atom stereocenters. The predicted octanol–water partition coefficient (Wildman–Crippen LogP) is 0.602. The standard InChI is InChI=1S/C14H29N3O3S/c1-4-7-16(8-5-2)14(18)13-15-9-6-10-17(12-11-15)21(3,19)20/h4-13H2,1-3H3. The summed E-state index contributed by atoms with van der Waals surface area (Å²) in [6.07, 6.45) is 3.96. The number of carbonyl (C=O) groups excluding carboxylic acids is 1. The van der Waals surface area contributed by atoms with E-state index < -0.39 is 10.0 Å². The lowest BCUT2D eigenvalue weighted by Crippen LogP contribution is -2.42. The summed E-state index contributed by atoms with van der Waals surface area (Å²) in [6, 6.07) is 0. The van der Waals surface area contributed by atoms with E-state index in [1.54, 1.807) is 0 Å². The molecule has 0 unspecified atom stereocenters. The first-order chi connectivity index (χ1) is 9.88. The number of rotatable bonds is 7. The van der Waals surface area contributed by atoms with E-state index in [1.807, 2.05) is 4.90 Å². The molecule has 1 aliphatic rings. The molecule has 7 heteroatoms. The quantitative estimate of drug-likeness (QED) is 0.689. The minimum atomic E-state index is -3.12. The molecule has 1 amide bonds. The van der Waals surface area contributed by atoms with Crippen LogP contribution in [-0.2, 0) is 14.8 Å². The van der Waals surface area contributed by atoms with E-state index in [4.69, 9.17) is 0 Å². The van der Waals surface area contributed by atoms with Crippen molar-refractivity contribution in [2.24, 2.45) is 0 Å². The molecule has 0 saturated carbocycles. The monoisotopic (exact) mass is 319 g/mol. The molecule has 0 aromatic carbocycles. The number of carbonyl (C=O) groups is 1. The molecule has 0 radical (unpaired) electrons. The molecule has 1 heterocycles. The molecule has 1 rings (SSSR count). The Hall–Kier alpha value is -0.660. The third-order valence-corrected chi connectivity index (χ3v) is 5.02. The van der Waals surface area contributed by atoms with Gasteiger partial charge in [0.25, 0.3) is 0 Å². The van der Waals surface area contributed by atoms with Crippen LogP contribution in [0.1, 0.15) is 33.1 Å². The van der Waals surface area contributed by atoms with Crippen molar-refractivity contribution in [2.75, 3.05) is 52.1 Å². The summed E-state index contributed by atoms with van der Waals surface area (Å²) >= 11 is 0. The molecule has 0 aliphatic carbocycles. The minimum absolute atomic E-state index is 0.159. The Morgan fingerprint density at radius 2 is 1.67 bits per heavy atom. The first kappa shape index (κ1) is 18.4. The lowest BCUT2D eigenvalue weighted by atomic mass is 10.3. The summed E-state index contributed by atoms with van der Waals surface area (Å²) in [4.78, 5) is 16.3. The molecule has 0 aromatic rings. The second-order valence-corrected chi connectivity index (χ2v) is 7.65. The largest absolute Gasteiger partial charge is 0.342 e. The number of sulfonamides is 1. The Labute approximate surface area is 129 Å². The summed E-state index contributed by atoms with van der Waals surface area (Å²) < 4.78 is 24.7. The zero-order valence-corrected chi connectivity index (χ0v) is 14.4. The molecule has 0 bridgehead atoms. The van der Waals surface area contributed by atoms with Gasteiger partial charge >= 0.3 is 0 Å². The lowest BCUT2D eigenvalue weighted by molar-refractivity contribution is -0.132. The Morgan fingerprint density at radius 1 is 1.05 bits per heavy atom. The maximum atomic E-state index is 12.3. The summed E-state index contributed by atoms with van der Waals surface area (Å²) in [5.41, 5.74) is 0. The zero-order chi connectivity index (χ0) is 15.9. The third kappa shape index (κ3) is 6.32. The number of hydrogen-bond acceptors (Lipinski definition) is 4. The normalized spacial score (nSPS) is 18.4. The molecule has 0 N–H and O–H groups in total. The van der Waals surface area contributed by atoms with Crippen LogP contribution in [0.2, 0.25) is 0 Å². The summed E-state index contributed by atoms with van der Waals surface area (Å²) in [7, 11) is -3.12. The van der Waals surface area contributed by atoms with Gasteiger partial charge < -0.3 is 4.90 Å². The molecule has 1 aliphatic heterocycles. The highest BCUT2D eigenvalue weighted by Gasteiger charge is 2.23. The zero-order valence-electron chi connectivity index (χ0n) is 13.5. The van der Waals surface area contributed by atoms with Crippen molar-refractivity contribution in [1.29, 1.82) is 0 Å². The Morgan fingerprint density at radius 3 is 2.19 bits per heavy atom. The summed E-state index contributed by atoms with van der Waals surface area (Å²) in [5.74, 6) is 0.159. The molecule has 0 spiro atoms. The average Bonchev–Trinajstić information content (AvgIpc) is 2.63. The van der Waals surface area contributed by atoms with E-state index in [0.29, 0.717) is 26.2 Å². The second-order valence-electron chi connectivity index (χ2n) is 5.67. The first-order valence-corrected chi connectivity index (χ1v) is 9.68. The third-order valence-electron chi connectivity index (χ3n) is 3.72. The molecule has 124 valence electrons. The van der Waals surface area contributed by atoms with E-state index in [-0.39, 0.29) is 5.91 Å². The summed E-state index contributed by atoms with van der Waals surface area (Å²) in [5, 5.41) is 0. The van der Waals surface area contributed by atoms with Crippen LogP contribution >= 0.6 is 0 Å². The van der Waals surface area contributed by atoms with Gasteiger partial charge in [-0.25, -0.2) is 12.7 Å². The highest BCUT2D eigenvalue weighted by Crippen LogP contribution is 2.07. The first-order valence-electron chi connectivity index (χ1n) is 7.83. The van der Waals surface area contributed by atoms with Gasteiger partial charge in [-0.3, -0.25) is 9.69 Å². The van der Waals surface area contributed by atoms with E-state index in [0.717, 1.165) is 38.9 Å². The van der Waals surface area contributed by atoms with Crippen LogP contribution in [0.25, 0.3) is 0 Å². The van der Waals surface area contributed by atoms with Crippen molar-refractivity contribution >= 4 is 15.9 Å². The van der Waals surface area contributed by atoms with Gasteiger partial charge in [0.1, 0.15) is 0 Å². The predicted molar refractivity (Wildman–Crippen MR) is 84.6 cm³/mol. The smallest absolute Gasteiger partial charge is 0.236 e. The van der Waals surface area contributed by atoms with Gasteiger partial charge in [-0.2, -0.15) is 0 Å². The molecular formula is C14H29N3O3S. The fourth-order valence-electron chi connectivity index (χ4n) is 2.63. The van der Waals surface area contributed by atoms with Gasteiger partial charge in [-0.05, 0) is 25.8 Å². The molecule has 6 nitrogen and oxygen atoms in total. The van der Waals surface area contributed by atoms with Gasteiger partial charge in [-0.15, -0.1) is 0 Å². The Bertz CT molecular complexity index is 419. The van der Waals surface area contributed by atoms with Gasteiger partial charge in [0.2, 0.25) is 15.9 Å². The van der Waals surface area contributed by atoms with Crippen LogP contribution in [-0.4, -0.2) is 80.5 Å². The molecule has 1 fully saturated rings. The maximum Gasteiger partial charge on any atom is 0.236 e. The SMILES string of the molecule is CCCN(CCC)C(=O)CN1CCCN(S(C)(=O)=O)CC1. The van der Waals surface area contributed by atoms with E-state index >= 15 is 0 Å². The van der Waals surface area contributed by atoms with Gasteiger partial charge in [-0.1, -0.05) is 13.8 Å². The number of amides is 1. The molecule has 0 aromatic heterocycles. The number of hydrogen-bond donors (Lipinski definition) is 0. The van der Waals surface area contributed by atoms with Crippen molar-refractivity contribution in [3.05, 3.63) is 0 Å². The molecular weight excluding hydrogens is 290 g/mol. The van der Waals surface area contributed by atoms with Crippen LogP contribution in [0.4, 0.5) is 0 Å².